The van der Waals surface area contributed by atoms with Crippen LogP contribution in [0.4, 0.5) is 8.78 Å². The number of nitrogens with one attached hydrogen (secondary N) is 1. The number of halogens is 2. The van der Waals surface area contributed by atoms with E-state index < -0.39 is 5.92 Å². The van der Waals surface area contributed by atoms with Crippen LogP contribution in [0, 0.1) is 0 Å². The van der Waals surface area contributed by atoms with E-state index in [9.17, 15) is 8.78 Å². The second-order valence-electron chi connectivity index (χ2n) is 4.17. The molecular weight excluding hydrogens is 208 g/mol. The Hall–Kier alpha value is -0.960. The summed E-state index contributed by atoms with van der Waals surface area (Å²) in [6, 6.07) is 6.65. The average molecular weight is 227 g/mol. The standard InChI is InChI=1S/C13H19F2N/c1-4-10(9-16-3)11-5-7-12(8-6-11)13(2,14)15/h5-8,10,16H,4,9H2,1-3H3. The number of rotatable bonds is 5. The third kappa shape index (κ3) is 3.27. The highest BCUT2D eigenvalue weighted by molar-refractivity contribution is 5.27. The fourth-order valence-corrected chi connectivity index (χ4v) is 1.79. The van der Waals surface area contributed by atoms with E-state index in [0.717, 1.165) is 25.5 Å². The molecule has 0 saturated heterocycles. The van der Waals surface area contributed by atoms with E-state index in [1.807, 2.05) is 7.05 Å². The van der Waals surface area contributed by atoms with Crippen LogP contribution in [0.5, 0.6) is 0 Å². The van der Waals surface area contributed by atoms with Gasteiger partial charge in [-0.2, -0.15) is 0 Å². The first-order valence-corrected chi connectivity index (χ1v) is 5.62. The van der Waals surface area contributed by atoms with Crippen molar-refractivity contribution in [1.29, 1.82) is 0 Å². The van der Waals surface area contributed by atoms with Crippen molar-refractivity contribution in [3.63, 3.8) is 0 Å². The van der Waals surface area contributed by atoms with Gasteiger partial charge in [-0.3, -0.25) is 0 Å². The monoisotopic (exact) mass is 227 g/mol. The van der Waals surface area contributed by atoms with Crippen molar-refractivity contribution in [1.82, 2.24) is 5.32 Å². The van der Waals surface area contributed by atoms with Crippen LogP contribution in [-0.4, -0.2) is 13.6 Å². The summed E-state index contributed by atoms with van der Waals surface area (Å²) < 4.78 is 26.0. The first-order valence-electron chi connectivity index (χ1n) is 5.62. The lowest BCUT2D eigenvalue weighted by Gasteiger charge is -2.16. The van der Waals surface area contributed by atoms with Crippen molar-refractivity contribution in [2.75, 3.05) is 13.6 Å². The van der Waals surface area contributed by atoms with Crippen molar-refractivity contribution in [3.05, 3.63) is 35.4 Å². The number of likely N-dealkylation sites (N-methyl/N-ethyl adjacent to an activating group) is 1. The van der Waals surface area contributed by atoms with E-state index in [0.29, 0.717) is 5.92 Å². The molecule has 0 amide bonds. The maximum absolute atomic E-state index is 13.0. The molecule has 1 nitrogen and oxygen atoms in total. The summed E-state index contributed by atoms with van der Waals surface area (Å²) >= 11 is 0. The van der Waals surface area contributed by atoms with E-state index in [-0.39, 0.29) is 5.56 Å². The fourth-order valence-electron chi connectivity index (χ4n) is 1.79. The van der Waals surface area contributed by atoms with E-state index >= 15 is 0 Å². The molecule has 0 radical (unpaired) electrons. The molecule has 16 heavy (non-hydrogen) atoms. The van der Waals surface area contributed by atoms with Gasteiger partial charge in [-0.15, -0.1) is 0 Å². The molecule has 1 rings (SSSR count). The lowest BCUT2D eigenvalue weighted by molar-refractivity contribution is 0.0174. The Kier molecular flexibility index (Phi) is 4.42. The molecule has 1 unspecified atom stereocenters. The lowest BCUT2D eigenvalue weighted by atomic mass is 9.95. The first-order chi connectivity index (χ1) is 7.49. The van der Waals surface area contributed by atoms with E-state index in [2.05, 4.69) is 12.2 Å². The minimum absolute atomic E-state index is 0.0792. The van der Waals surface area contributed by atoms with Gasteiger partial charge in [0, 0.05) is 19.0 Å². The van der Waals surface area contributed by atoms with Gasteiger partial charge in [0.1, 0.15) is 0 Å². The van der Waals surface area contributed by atoms with Crippen LogP contribution in [-0.2, 0) is 5.92 Å². The van der Waals surface area contributed by atoms with Gasteiger partial charge in [0.15, 0.2) is 0 Å². The van der Waals surface area contributed by atoms with Gasteiger partial charge in [-0.1, -0.05) is 31.2 Å². The fraction of sp³-hybridized carbons (Fsp3) is 0.538. The zero-order chi connectivity index (χ0) is 12.2. The second-order valence-corrected chi connectivity index (χ2v) is 4.17. The quantitative estimate of drug-likeness (QED) is 0.811. The molecule has 1 aromatic carbocycles. The molecule has 90 valence electrons. The summed E-state index contributed by atoms with van der Waals surface area (Å²) in [5.74, 6) is -2.35. The highest BCUT2D eigenvalue weighted by Gasteiger charge is 2.23. The van der Waals surface area contributed by atoms with Gasteiger partial charge in [-0.25, -0.2) is 8.78 Å². The summed E-state index contributed by atoms with van der Waals surface area (Å²) in [6.07, 6.45) is 1.00. The molecule has 0 aromatic heterocycles. The highest BCUT2D eigenvalue weighted by atomic mass is 19.3. The Balaban J connectivity index is 2.85. The summed E-state index contributed by atoms with van der Waals surface area (Å²) in [5.41, 5.74) is 1.19. The van der Waals surface area contributed by atoms with Crippen molar-refractivity contribution >= 4 is 0 Å². The average Bonchev–Trinajstić information content (AvgIpc) is 2.25. The van der Waals surface area contributed by atoms with Crippen LogP contribution >= 0.6 is 0 Å². The van der Waals surface area contributed by atoms with Crippen LogP contribution < -0.4 is 5.32 Å². The van der Waals surface area contributed by atoms with Gasteiger partial charge >= 0.3 is 0 Å². The van der Waals surface area contributed by atoms with E-state index in [1.54, 1.807) is 12.1 Å². The minimum Gasteiger partial charge on any atom is -0.319 e. The van der Waals surface area contributed by atoms with Crippen molar-refractivity contribution in [3.8, 4) is 0 Å². The SMILES string of the molecule is CCC(CNC)c1ccc(C(C)(F)F)cc1. The molecular formula is C13H19F2N. The van der Waals surface area contributed by atoms with Crippen LogP contribution in [0.2, 0.25) is 0 Å². The third-order valence-corrected chi connectivity index (χ3v) is 2.83. The Morgan fingerprint density at radius 3 is 2.19 bits per heavy atom. The molecule has 0 aliphatic rings. The summed E-state index contributed by atoms with van der Waals surface area (Å²) in [7, 11) is 1.90. The van der Waals surface area contributed by atoms with Gasteiger partial charge in [0.05, 0.1) is 0 Å². The van der Waals surface area contributed by atoms with Crippen molar-refractivity contribution < 1.29 is 8.78 Å². The smallest absolute Gasteiger partial charge is 0.270 e. The first kappa shape index (κ1) is 13.1. The summed E-state index contributed by atoms with van der Waals surface area (Å²) in [4.78, 5) is 0. The van der Waals surface area contributed by atoms with Crippen molar-refractivity contribution in [2.24, 2.45) is 0 Å². The van der Waals surface area contributed by atoms with E-state index in [4.69, 9.17) is 0 Å². The molecule has 3 heteroatoms. The maximum Gasteiger partial charge on any atom is 0.270 e. The van der Waals surface area contributed by atoms with Gasteiger partial charge in [-0.05, 0) is 24.9 Å². The molecule has 1 aromatic rings. The van der Waals surface area contributed by atoms with Gasteiger partial charge < -0.3 is 5.32 Å². The Bertz CT molecular complexity index is 314. The number of alkyl halides is 2. The van der Waals surface area contributed by atoms with Gasteiger partial charge in [0.25, 0.3) is 5.92 Å². The highest BCUT2D eigenvalue weighted by Crippen LogP contribution is 2.28. The normalized spacial score (nSPS) is 13.8. The molecule has 1 N–H and O–H groups in total. The summed E-state index contributed by atoms with van der Waals surface area (Å²) in [6.45, 7) is 3.90. The zero-order valence-electron chi connectivity index (χ0n) is 10.1. The molecule has 0 aliphatic carbocycles. The predicted octanol–water partition coefficient (Wildman–Crippen LogP) is 3.51. The third-order valence-electron chi connectivity index (χ3n) is 2.83. The largest absolute Gasteiger partial charge is 0.319 e. The Labute approximate surface area is 95.9 Å². The van der Waals surface area contributed by atoms with Crippen molar-refractivity contribution in [2.45, 2.75) is 32.1 Å². The van der Waals surface area contributed by atoms with Crippen LogP contribution in [0.1, 0.15) is 37.3 Å². The number of benzene rings is 1. The van der Waals surface area contributed by atoms with Crippen LogP contribution in [0.15, 0.2) is 24.3 Å². The summed E-state index contributed by atoms with van der Waals surface area (Å²) in [5, 5.41) is 3.11. The van der Waals surface area contributed by atoms with Gasteiger partial charge in [0.2, 0.25) is 0 Å². The minimum atomic E-state index is -2.75. The molecule has 0 fully saturated rings. The molecule has 1 atom stereocenters. The van der Waals surface area contributed by atoms with E-state index in [1.165, 1.54) is 12.1 Å². The lowest BCUT2D eigenvalue weighted by Crippen LogP contribution is -2.17. The van der Waals surface area contributed by atoms with Crippen LogP contribution in [0.25, 0.3) is 0 Å². The molecule has 0 spiro atoms. The molecule has 0 bridgehead atoms. The van der Waals surface area contributed by atoms with Crippen LogP contribution in [0.3, 0.4) is 0 Å². The maximum atomic E-state index is 13.0. The number of hydrogen-bond donors (Lipinski definition) is 1. The molecule has 0 heterocycles. The predicted molar refractivity (Wildman–Crippen MR) is 63.0 cm³/mol. The topological polar surface area (TPSA) is 12.0 Å². The Morgan fingerprint density at radius 1 is 1.25 bits per heavy atom. The molecule has 0 aliphatic heterocycles. The Morgan fingerprint density at radius 2 is 1.81 bits per heavy atom. The molecule has 0 saturated carbocycles. The zero-order valence-corrected chi connectivity index (χ0v) is 10.1. The second kappa shape index (κ2) is 5.39. The number of hydrogen-bond acceptors (Lipinski definition) is 1.